The molecule has 118 valence electrons. The first-order valence-electron chi connectivity index (χ1n) is 6.73. The predicted octanol–water partition coefficient (Wildman–Crippen LogP) is 1.54. The Kier molecular flexibility index (Phi) is 5.74. The van der Waals surface area contributed by atoms with E-state index in [-0.39, 0.29) is 24.1 Å². The van der Waals surface area contributed by atoms with Gasteiger partial charge >= 0.3 is 5.97 Å². The smallest absolute Gasteiger partial charge is 0.321 e. The summed E-state index contributed by atoms with van der Waals surface area (Å²) in [6.07, 6.45) is 0. The summed E-state index contributed by atoms with van der Waals surface area (Å²) < 4.78 is 31.3. The molecule has 0 saturated heterocycles. The number of carbonyl (C=O) groups excluding carboxylic acids is 1. The van der Waals surface area contributed by atoms with Gasteiger partial charge in [0, 0.05) is 11.7 Å². The van der Waals surface area contributed by atoms with E-state index in [1.165, 1.54) is 12.1 Å². The molecule has 7 heteroatoms. The van der Waals surface area contributed by atoms with Crippen LogP contribution in [0.15, 0.2) is 23.1 Å². The highest BCUT2D eigenvalue weighted by Crippen LogP contribution is 2.22. The van der Waals surface area contributed by atoms with Gasteiger partial charge in [-0.05, 0) is 51.5 Å². The lowest BCUT2D eigenvalue weighted by atomic mass is 10.2. The summed E-state index contributed by atoms with van der Waals surface area (Å²) in [5, 5.41) is 0. The summed E-state index contributed by atoms with van der Waals surface area (Å²) in [7, 11) is -3.81. The van der Waals surface area contributed by atoms with E-state index in [0.717, 1.165) is 9.87 Å². The number of hydrogen-bond donors (Lipinski definition) is 1. The van der Waals surface area contributed by atoms with Crippen molar-refractivity contribution in [3.8, 4) is 0 Å². The Bertz CT molecular complexity index is 591. The zero-order chi connectivity index (χ0) is 16.2. The molecule has 0 atom stereocenters. The summed E-state index contributed by atoms with van der Waals surface area (Å²) in [5.74, 6) is -0.574. The van der Waals surface area contributed by atoms with Gasteiger partial charge in [-0.25, -0.2) is 8.42 Å². The Labute approximate surface area is 125 Å². The highest BCUT2D eigenvalue weighted by atomic mass is 32.2. The summed E-state index contributed by atoms with van der Waals surface area (Å²) in [6, 6.07) is 4.24. The molecular weight excluding hydrogens is 292 g/mol. The molecule has 1 aromatic carbocycles. The van der Waals surface area contributed by atoms with Crippen LogP contribution in [0.5, 0.6) is 0 Å². The van der Waals surface area contributed by atoms with Crippen LogP contribution < -0.4 is 5.73 Å². The SMILES string of the molecule is CCOC(=O)CN(C(C)C)S(=O)(=O)c1cc(C)cc(N)c1. The molecule has 0 aromatic heterocycles. The van der Waals surface area contributed by atoms with E-state index in [9.17, 15) is 13.2 Å². The first-order valence-corrected chi connectivity index (χ1v) is 8.17. The summed E-state index contributed by atoms with van der Waals surface area (Å²) in [5.41, 5.74) is 6.82. The fraction of sp³-hybridized carbons (Fsp3) is 0.500. The summed E-state index contributed by atoms with van der Waals surface area (Å²) in [6.45, 7) is 6.74. The van der Waals surface area contributed by atoms with Gasteiger partial charge < -0.3 is 10.5 Å². The van der Waals surface area contributed by atoms with Gasteiger partial charge in [-0.1, -0.05) is 0 Å². The number of carbonyl (C=O) groups is 1. The van der Waals surface area contributed by atoms with Gasteiger partial charge in [0.25, 0.3) is 0 Å². The normalized spacial score (nSPS) is 11.9. The number of esters is 1. The molecular formula is C14H22N2O4S. The third kappa shape index (κ3) is 4.44. The predicted molar refractivity (Wildman–Crippen MR) is 81.3 cm³/mol. The van der Waals surface area contributed by atoms with Crippen LogP contribution in [-0.2, 0) is 19.6 Å². The molecule has 0 fully saturated rings. The van der Waals surface area contributed by atoms with Crippen molar-refractivity contribution in [3.05, 3.63) is 23.8 Å². The maximum atomic E-state index is 12.7. The summed E-state index contributed by atoms with van der Waals surface area (Å²) >= 11 is 0. The Morgan fingerprint density at radius 3 is 2.43 bits per heavy atom. The molecule has 0 heterocycles. The second-order valence-corrected chi connectivity index (χ2v) is 6.92. The van der Waals surface area contributed by atoms with Crippen molar-refractivity contribution in [1.29, 1.82) is 0 Å². The molecule has 6 nitrogen and oxygen atoms in total. The molecule has 0 amide bonds. The monoisotopic (exact) mass is 314 g/mol. The van der Waals surface area contributed by atoms with Crippen molar-refractivity contribution >= 4 is 21.7 Å². The number of anilines is 1. The third-order valence-corrected chi connectivity index (χ3v) is 4.85. The van der Waals surface area contributed by atoms with Gasteiger partial charge in [0.2, 0.25) is 10.0 Å². The number of rotatable bonds is 6. The fourth-order valence-electron chi connectivity index (χ4n) is 1.94. The molecule has 0 bridgehead atoms. The van der Waals surface area contributed by atoms with E-state index in [4.69, 9.17) is 10.5 Å². The Morgan fingerprint density at radius 2 is 1.95 bits per heavy atom. The number of benzene rings is 1. The zero-order valence-corrected chi connectivity index (χ0v) is 13.6. The molecule has 0 saturated carbocycles. The van der Waals surface area contributed by atoms with Crippen molar-refractivity contribution in [2.24, 2.45) is 0 Å². The van der Waals surface area contributed by atoms with Crippen molar-refractivity contribution in [2.45, 2.75) is 38.6 Å². The van der Waals surface area contributed by atoms with Crippen molar-refractivity contribution < 1.29 is 17.9 Å². The molecule has 0 spiro atoms. The minimum Gasteiger partial charge on any atom is -0.465 e. The van der Waals surface area contributed by atoms with Crippen LogP contribution in [0.2, 0.25) is 0 Å². The topological polar surface area (TPSA) is 89.7 Å². The third-order valence-electron chi connectivity index (χ3n) is 2.85. The summed E-state index contributed by atoms with van der Waals surface area (Å²) in [4.78, 5) is 11.7. The Morgan fingerprint density at radius 1 is 1.33 bits per heavy atom. The number of aryl methyl sites for hydroxylation is 1. The largest absolute Gasteiger partial charge is 0.465 e. The molecule has 0 unspecified atom stereocenters. The zero-order valence-electron chi connectivity index (χ0n) is 12.8. The molecule has 2 N–H and O–H groups in total. The minimum absolute atomic E-state index is 0.0815. The number of nitrogen functional groups attached to an aromatic ring is 1. The lowest BCUT2D eigenvalue weighted by molar-refractivity contribution is -0.143. The second kappa shape index (κ2) is 6.91. The average Bonchev–Trinajstić information content (AvgIpc) is 2.34. The maximum absolute atomic E-state index is 12.7. The quantitative estimate of drug-likeness (QED) is 0.635. The molecule has 21 heavy (non-hydrogen) atoms. The van der Waals surface area contributed by atoms with Crippen LogP contribution >= 0.6 is 0 Å². The van der Waals surface area contributed by atoms with Crippen LogP contribution in [0.3, 0.4) is 0 Å². The Hall–Kier alpha value is -1.60. The van der Waals surface area contributed by atoms with E-state index < -0.39 is 16.0 Å². The fourth-order valence-corrected chi connectivity index (χ4v) is 3.66. The van der Waals surface area contributed by atoms with E-state index in [0.29, 0.717) is 5.69 Å². The Balaban J connectivity index is 3.19. The molecule has 0 aliphatic carbocycles. The number of nitrogens with two attached hydrogens (primary N) is 1. The molecule has 1 rings (SSSR count). The van der Waals surface area contributed by atoms with Gasteiger partial charge in [0.05, 0.1) is 11.5 Å². The standard InChI is InChI=1S/C14H22N2O4S/c1-5-20-14(17)9-16(10(2)3)21(18,19)13-7-11(4)6-12(15)8-13/h6-8,10H,5,9,15H2,1-4H3. The lowest BCUT2D eigenvalue weighted by Crippen LogP contribution is -2.41. The minimum atomic E-state index is -3.81. The van der Waals surface area contributed by atoms with Gasteiger partial charge in [-0.15, -0.1) is 0 Å². The van der Waals surface area contributed by atoms with Crippen molar-refractivity contribution in [1.82, 2.24) is 4.31 Å². The van der Waals surface area contributed by atoms with Crippen molar-refractivity contribution in [2.75, 3.05) is 18.9 Å². The van der Waals surface area contributed by atoms with E-state index in [1.807, 2.05) is 0 Å². The van der Waals surface area contributed by atoms with Crippen LogP contribution in [0.1, 0.15) is 26.3 Å². The van der Waals surface area contributed by atoms with Crippen LogP contribution in [0.25, 0.3) is 0 Å². The molecule has 0 aliphatic heterocycles. The second-order valence-electron chi connectivity index (χ2n) is 5.03. The van der Waals surface area contributed by atoms with Gasteiger partial charge in [-0.2, -0.15) is 4.31 Å². The van der Waals surface area contributed by atoms with Crippen LogP contribution in [0, 0.1) is 6.92 Å². The number of ether oxygens (including phenoxy) is 1. The van der Waals surface area contributed by atoms with Gasteiger partial charge in [0.1, 0.15) is 6.54 Å². The molecule has 0 aliphatic rings. The average molecular weight is 314 g/mol. The van der Waals surface area contributed by atoms with Crippen LogP contribution in [0.4, 0.5) is 5.69 Å². The van der Waals surface area contributed by atoms with Crippen molar-refractivity contribution in [3.63, 3.8) is 0 Å². The highest BCUT2D eigenvalue weighted by molar-refractivity contribution is 7.89. The van der Waals surface area contributed by atoms with E-state index in [2.05, 4.69) is 0 Å². The lowest BCUT2D eigenvalue weighted by Gasteiger charge is -2.25. The highest BCUT2D eigenvalue weighted by Gasteiger charge is 2.29. The number of nitrogens with zero attached hydrogens (tertiary/aromatic N) is 1. The first kappa shape index (κ1) is 17.5. The number of sulfonamides is 1. The van der Waals surface area contributed by atoms with E-state index >= 15 is 0 Å². The van der Waals surface area contributed by atoms with Gasteiger partial charge in [-0.3, -0.25) is 4.79 Å². The van der Waals surface area contributed by atoms with E-state index in [1.54, 1.807) is 33.8 Å². The number of hydrogen-bond acceptors (Lipinski definition) is 5. The van der Waals surface area contributed by atoms with Gasteiger partial charge in [0.15, 0.2) is 0 Å². The molecule has 0 radical (unpaired) electrons. The van der Waals surface area contributed by atoms with Crippen LogP contribution in [-0.4, -0.2) is 37.9 Å². The maximum Gasteiger partial charge on any atom is 0.321 e. The first-order chi connectivity index (χ1) is 9.68. The molecule has 1 aromatic rings.